The molecule has 0 radical (unpaired) electrons. The maximum atomic E-state index is 12.5. The lowest BCUT2D eigenvalue weighted by atomic mass is 9.89. The van der Waals surface area contributed by atoms with Gasteiger partial charge in [-0.1, -0.05) is 42.7 Å². The van der Waals surface area contributed by atoms with Crippen molar-refractivity contribution in [3.05, 3.63) is 65.2 Å². The molecule has 1 heterocycles. The third-order valence-corrected chi connectivity index (χ3v) is 6.79. The monoisotopic (exact) mass is 446 g/mol. The quantitative estimate of drug-likeness (QED) is 0.675. The van der Waals surface area contributed by atoms with Gasteiger partial charge in [-0.3, -0.25) is 0 Å². The minimum atomic E-state index is -0.336. The van der Waals surface area contributed by atoms with Crippen LogP contribution in [-0.4, -0.2) is 37.3 Å². The number of alkyl carbamates (subject to hydrolysis) is 1. The minimum Gasteiger partial charge on any atom is -0.445 e. The molecule has 174 valence electrons. The first-order valence-electron chi connectivity index (χ1n) is 12.1. The second kappa shape index (κ2) is 11.2. The van der Waals surface area contributed by atoms with E-state index < -0.39 is 0 Å². The first-order chi connectivity index (χ1) is 16.1. The molecule has 2 aliphatic rings. The van der Waals surface area contributed by atoms with E-state index in [1.165, 1.54) is 17.7 Å². The van der Waals surface area contributed by atoms with Crippen molar-refractivity contribution in [3.63, 3.8) is 0 Å². The zero-order valence-corrected chi connectivity index (χ0v) is 19.4. The molecule has 1 aliphatic carbocycles. The summed E-state index contributed by atoms with van der Waals surface area (Å²) in [6.45, 7) is 4.30. The number of rotatable bonds is 6. The lowest BCUT2D eigenvalue weighted by Crippen LogP contribution is -2.57. The van der Waals surface area contributed by atoms with Crippen molar-refractivity contribution in [1.82, 2.24) is 10.6 Å². The van der Waals surface area contributed by atoms with E-state index in [2.05, 4.69) is 21.6 Å². The minimum absolute atomic E-state index is 0.0922. The molecule has 3 unspecified atom stereocenters. The number of benzene rings is 2. The number of nitrogens with one attached hydrogen (secondary N) is 2. The maximum Gasteiger partial charge on any atom is 0.407 e. The normalized spacial score (nSPS) is 22.9. The highest BCUT2D eigenvalue weighted by Gasteiger charge is 2.30. The fraction of sp³-hybridized carbons (Fsp3) is 0.481. The number of aryl methyl sites for hydroxylation is 1. The Morgan fingerprint density at radius 1 is 1.03 bits per heavy atom. The van der Waals surface area contributed by atoms with Crippen molar-refractivity contribution >= 4 is 11.8 Å². The molecule has 6 nitrogen and oxygen atoms in total. The van der Waals surface area contributed by atoms with Crippen LogP contribution in [0.4, 0.5) is 10.5 Å². The summed E-state index contributed by atoms with van der Waals surface area (Å²) >= 11 is 0. The third-order valence-electron chi connectivity index (χ3n) is 6.79. The first kappa shape index (κ1) is 23.1. The Morgan fingerprint density at radius 3 is 2.48 bits per heavy atom. The molecule has 0 aromatic heterocycles. The third kappa shape index (κ3) is 6.49. The molecular weight excluding hydrogens is 412 g/mol. The number of amides is 1. The van der Waals surface area contributed by atoms with Gasteiger partial charge in [0.05, 0.1) is 11.6 Å². The number of hydrogen-bond acceptors (Lipinski definition) is 5. The Bertz CT molecular complexity index is 952. The molecule has 4 rings (SSSR count). The number of carbonyl (C=O) groups excluding carboxylic acids is 1. The number of nitriles is 1. The summed E-state index contributed by atoms with van der Waals surface area (Å²) in [5.74, 6) is 0. The number of hydrogen-bond donors (Lipinski definition) is 2. The SMILES string of the molecule is Cc1ccc(COC(=O)NC2CCCCC2NC2CCCN(c3ccc(C#N)cc3)C2)cc1. The smallest absolute Gasteiger partial charge is 0.407 e. The van der Waals surface area contributed by atoms with E-state index in [0.29, 0.717) is 18.2 Å². The number of anilines is 1. The van der Waals surface area contributed by atoms with Gasteiger partial charge >= 0.3 is 6.09 Å². The predicted octanol–water partition coefficient (Wildman–Crippen LogP) is 4.66. The molecule has 1 amide bonds. The van der Waals surface area contributed by atoms with Gasteiger partial charge in [-0.15, -0.1) is 0 Å². The van der Waals surface area contributed by atoms with Crippen molar-refractivity contribution in [2.24, 2.45) is 0 Å². The fourth-order valence-electron chi connectivity index (χ4n) is 4.93. The summed E-state index contributed by atoms with van der Waals surface area (Å²) in [6, 6.07) is 18.8. The lowest BCUT2D eigenvalue weighted by molar-refractivity contribution is 0.128. The number of nitrogens with zero attached hydrogens (tertiary/aromatic N) is 2. The first-order valence-corrected chi connectivity index (χ1v) is 12.1. The molecule has 1 aliphatic heterocycles. The molecule has 33 heavy (non-hydrogen) atoms. The predicted molar refractivity (Wildman–Crippen MR) is 130 cm³/mol. The van der Waals surface area contributed by atoms with E-state index in [-0.39, 0.29) is 18.2 Å². The molecular formula is C27H34N4O2. The van der Waals surface area contributed by atoms with Gasteiger partial charge in [-0.25, -0.2) is 4.79 Å². The summed E-state index contributed by atoms with van der Waals surface area (Å²) in [4.78, 5) is 14.9. The molecule has 3 atom stereocenters. The summed E-state index contributed by atoms with van der Waals surface area (Å²) in [7, 11) is 0. The molecule has 0 bridgehead atoms. The Balaban J connectivity index is 1.29. The van der Waals surface area contributed by atoms with Crippen molar-refractivity contribution in [2.45, 2.75) is 70.2 Å². The summed E-state index contributed by atoms with van der Waals surface area (Å²) in [5, 5.41) is 16.0. The fourth-order valence-corrected chi connectivity index (χ4v) is 4.93. The van der Waals surface area contributed by atoms with Crippen LogP contribution in [0, 0.1) is 18.3 Å². The highest BCUT2D eigenvalue weighted by atomic mass is 16.5. The van der Waals surface area contributed by atoms with E-state index in [1.54, 1.807) is 0 Å². The zero-order chi connectivity index (χ0) is 23.0. The molecule has 2 fully saturated rings. The molecule has 2 N–H and O–H groups in total. The highest BCUT2D eigenvalue weighted by Crippen LogP contribution is 2.24. The van der Waals surface area contributed by atoms with Crippen LogP contribution in [-0.2, 0) is 11.3 Å². The number of ether oxygens (including phenoxy) is 1. The van der Waals surface area contributed by atoms with Gasteiger partial charge in [0.2, 0.25) is 0 Å². The molecule has 1 saturated carbocycles. The van der Waals surface area contributed by atoms with E-state index in [9.17, 15) is 4.79 Å². The molecule has 1 saturated heterocycles. The molecule has 0 spiro atoms. The second-order valence-electron chi connectivity index (χ2n) is 9.31. The van der Waals surface area contributed by atoms with Gasteiger partial charge < -0.3 is 20.3 Å². The second-order valence-corrected chi connectivity index (χ2v) is 9.31. The van der Waals surface area contributed by atoms with Crippen molar-refractivity contribution in [1.29, 1.82) is 5.26 Å². The van der Waals surface area contributed by atoms with Gasteiger partial charge in [0.25, 0.3) is 0 Å². The van der Waals surface area contributed by atoms with Crippen LogP contribution in [0.2, 0.25) is 0 Å². The summed E-state index contributed by atoms with van der Waals surface area (Å²) in [5.41, 5.74) is 4.05. The van der Waals surface area contributed by atoms with E-state index >= 15 is 0 Å². The van der Waals surface area contributed by atoms with Crippen LogP contribution < -0.4 is 15.5 Å². The van der Waals surface area contributed by atoms with Crippen molar-refractivity contribution in [3.8, 4) is 6.07 Å². The average molecular weight is 447 g/mol. The Kier molecular flexibility index (Phi) is 7.85. The van der Waals surface area contributed by atoms with Gasteiger partial charge in [-0.05, 0) is 62.4 Å². The molecule has 2 aromatic carbocycles. The van der Waals surface area contributed by atoms with Gasteiger partial charge in [0, 0.05) is 36.9 Å². The average Bonchev–Trinajstić information content (AvgIpc) is 2.85. The lowest BCUT2D eigenvalue weighted by Gasteiger charge is -2.40. The van der Waals surface area contributed by atoms with Gasteiger partial charge in [-0.2, -0.15) is 5.26 Å². The van der Waals surface area contributed by atoms with Crippen molar-refractivity contribution in [2.75, 3.05) is 18.0 Å². The zero-order valence-electron chi connectivity index (χ0n) is 19.4. The van der Waals surface area contributed by atoms with E-state index in [1.807, 2.05) is 55.5 Å². The van der Waals surface area contributed by atoms with Crippen LogP contribution in [0.1, 0.15) is 55.2 Å². The Morgan fingerprint density at radius 2 is 1.76 bits per heavy atom. The summed E-state index contributed by atoms with van der Waals surface area (Å²) < 4.78 is 5.49. The van der Waals surface area contributed by atoms with E-state index in [4.69, 9.17) is 10.00 Å². The Labute approximate surface area is 196 Å². The van der Waals surface area contributed by atoms with Crippen LogP contribution >= 0.6 is 0 Å². The highest BCUT2D eigenvalue weighted by molar-refractivity contribution is 5.67. The molecule has 6 heteroatoms. The topological polar surface area (TPSA) is 77.4 Å². The van der Waals surface area contributed by atoms with Crippen LogP contribution in [0.15, 0.2) is 48.5 Å². The van der Waals surface area contributed by atoms with Gasteiger partial charge in [0.15, 0.2) is 0 Å². The molecule has 2 aromatic rings. The van der Waals surface area contributed by atoms with Crippen LogP contribution in [0.25, 0.3) is 0 Å². The van der Waals surface area contributed by atoms with Crippen LogP contribution in [0.3, 0.4) is 0 Å². The number of carbonyl (C=O) groups is 1. The van der Waals surface area contributed by atoms with Crippen molar-refractivity contribution < 1.29 is 9.53 Å². The largest absolute Gasteiger partial charge is 0.445 e. The van der Waals surface area contributed by atoms with Gasteiger partial charge in [0.1, 0.15) is 6.61 Å². The number of piperidine rings is 1. The maximum absolute atomic E-state index is 12.5. The van der Waals surface area contributed by atoms with Crippen LogP contribution in [0.5, 0.6) is 0 Å². The summed E-state index contributed by atoms with van der Waals surface area (Å²) in [6.07, 6.45) is 6.27. The Hall–Kier alpha value is -3.04. The van der Waals surface area contributed by atoms with E-state index in [0.717, 1.165) is 50.8 Å². The standard InChI is InChI=1S/C27H34N4O2/c1-20-8-10-22(11-9-20)19-33-27(32)30-26-7-3-2-6-25(26)29-23-5-4-16-31(18-23)24-14-12-21(17-28)13-15-24/h8-15,23,25-26,29H,2-7,16,18-19H2,1H3,(H,30,32).